The van der Waals surface area contributed by atoms with Gasteiger partial charge in [-0.25, -0.2) is 4.98 Å². The van der Waals surface area contributed by atoms with Gasteiger partial charge in [0.05, 0.1) is 22.2 Å². The van der Waals surface area contributed by atoms with E-state index in [2.05, 4.69) is 15.4 Å². The summed E-state index contributed by atoms with van der Waals surface area (Å²) in [6.45, 7) is 4.30. The Hall–Kier alpha value is -2.93. The van der Waals surface area contributed by atoms with Crippen molar-refractivity contribution in [2.45, 2.75) is 19.9 Å². The number of aryl methyl sites for hydroxylation is 2. The van der Waals surface area contributed by atoms with Gasteiger partial charge in [-0.2, -0.15) is 5.10 Å². The summed E-state index contributed by atoms with van der Waals surface area (Å²) in [7, 11) is 0. The highest BCUT2D eigenvalue weighted by molar-refractivity contribution is 7.20. The van der Waals surface area contributed by atoms with Gasteiger partial charge in [0, 0.05) is 12.2 Å². The highest BCUT2D eigenvalue weighted by Crippen LogP contribution is 2.23. The van der Waals surface area contributed by atoms with E-state index in [1.165, 1.54) is 11.3 Å². The second kappa shape index (κ2) is 6.76. The number of amides is 1. The monoisotopic (exact) mass is 366 g/mol. The van der Waals surface area contributed by atoms with Gasteiger partial charge >= 0.3 is 0 Å². The van der Waals surface area contributed by atoms with Crippen LogP contribution in [0.3, 0.4) is 0 Å². The second-order valence-corrected chi connectivity index (χ2v) is 7.13. The molecule has 0 spiro atoms. The number of hydrogen-bond donors (Lipinski definition) is 1. The van der Waals surface area contributed by atoms with Crippen molar-refractivity contribution in [1.29, 1.82) is 0 Å². The lowest BCUT2D eigenvalue weighted by Crippen LogP contribution is -2.32. The number of para-hydroxylation sites is 1. The molecule has 0 aliphatic rings. The summed E-state index contributed by atoms with van der Waals surface area (Å²) < 4.78 is 8.46. The first kappa shape index (κ1) is 16.5. The molecule has 0 bridgehead atoms. The standard InChI is InChI=1S/C19H18N4O2S/c1-12-10-13(2)23(22-12)15(16-7-5-9-25-16)11-20-18(24)19-21-14-6-3-4-8-17(14)26-19/h3-10,15H,11H2,1-2H3,(H,20,24). The van der Waals surface area contributed by atoms with Gasteiger partial charge in [-0.15, -0.1) is 11.3 Å². The molecule has 0 aliphatic heterocycles. The molecule has 7 heteroatoms. The molecule has 4 rings (SSSR count). The van der Waals surface area contributed by atoms with Gasteiger partial charge in [-0.1, -0.05) is 12.1 Å². The molecule has 0 radical (unpaired) electrons. The Kier molecular flexibility index (Phi) is 4.30. The van der Waals surface area contributed by atoms with Crippen molar-refractivity contribution in [3.63, 3.8) is 0 Å². The Labute approximate surface area is 154 Å². The largest absolute Gasteiger partial charge is 0.467 e. The zero-order valence-electron chi connectivity index (χ0n) is 14.5. The summed E-state index contributed by atoms with van der Waals surface area (Å²) >= 11 is 1.39. The predicted octanol–water partition coefficient (Wildman–Crippen LogP) is 3.72. The van der Waals surface area contributed by atoms with Crippen LogP contribution in [-0.4, -0.2) is 27.2 Å². The smallest absolute Gasteiger partial charge is 0.280 e. The normalized spacial score (nSPS) is 12.4. The molecule has 3 heterocycles. The molecule has 1 aromatic carbocycles. The van der Waals surface area contributed by atoms with Crippen LogP contribution in [-0.2, 0) is 0 Å². The highest BCUT2D eigenvalue weighted by atomic mass is 32.1. The molecule has 3 aromatic heterocycles. The van der Waals surface area contributed by atoms with Crippen LogP contribution < -0.4 is 5.32 Å². The van der Waals surface area contributed by atoms with Gasteiger partial charge in [0.1, 0.15) is 11.8 Å². The zero-order valence-corrected chi connectivity index (χ0v) is 15.3. The lowest BCUT2D eigenvalue weighted by atomic mass is 10.2. The van der Waals surface area contributed by atoms with Gasteiger partial charge in [-0.05, 0) is 44.2 Å². The molecule has 0 saturated carbocycles. The molecule has 0 saturated heterocycles. The Balaban J connectivity index is 1.56. The van der Waals surface area contributed by atoms with Crippen molar-refractivity contribution < 1.29 is 9.21 Å². The predicted molar refractivity (Wildman–Crippen MR) is 101 cm³/mol. The third-order valence-corrected chi connectivity index (χ3v) is 5.19. The van der Waals surface area contributed by atoms with Gasteiger partial charge in [-0.3, -0.25) is 9.48 Å². The maximum absolute atomic E-state index is 12.6. The summed E-state index contributed by atoms with van der Waals surface area (Å²) in [5, 5.41) is 7.97. The lowest BCUT2D eigenvalue weighted by molar-refractivity contribution is 0.0947. The molecule has 0 aliphatic carbocycles. The van der Waals surface area contributed by atoms with Crippen molar-refractivity contribution in [2.75, 3.05) is 6.54 Å². The van der Waals surface area contributed by atoms with Gasteiger partial charge < -0.3 is 9.73 Å². The van der Waals surface area contributed by atoms with E-state index in [1.807, 2.05) is 61.0 Å². The first-order chi connectivity index (χ1) is 12.6. The fraction of sp³-hybridized carbons (Fsp3) is 0.211. The van der Waals surface area contributed by atoms with Crippen LogP contribution in [0.2, 0.25) is 0 Å². The minimum atomic E-state index is -0.211. The quantitative estimate of drug-likeness (QED) is 0.584. The van der Waals surface area contributed by atoms with E-state index >= 15 is 0 Å². The van der Waals surface area contributed by atoms with Crippen LogP contribution in [0.4, 0.5) is 0 Å². The van der Waals surface area contributed by atoms with Crippen LogP contribution in [0.15, 0.2) is 53.1 Å². The average Bonchev–Trinajstić information content (AvgIpc) is 3.35. The molecule has 26 heavy (non-hydrogen) atoms. The number of fused-ring (bicyclic) bond motifs is 1. The summed E-state index contributed by atoms with van der Waals surface area (Å²) in [5.41, 5.74) is 2.78. The molecule has 6 nitrogen and oxygen atoms in total. The number of carbonyl (C=O) groups excluding carboxylic acids is 1. The average molecular weight is 366 g/mol. The Morgan fingerprint density at radius 2 is 2.12 bits per heavy atom. The molecule has 132 valence electrons. The summed E-state index contributed by atoms with van der Waals surface area (Å²) in [4.78, 5) is 17.0. The first-order valence-electron chi connectivity index (χ1n) is 8.32. The lowest BCUT2D eigenvalue weighted by Gasteiger charge is -2.17. The van der Waals surface area contributed by atoms with Crippen LogP contribution in [0.5, 0.6) is 0 Å². The number of hydrogen-bond acceptors (Lipinski definition) is 5. The molecular formula is C19H18N4O2S. The number of carbonyl (C=O) groups is 1. The number of nitrogens with one attached hydrogen (secondary N) is 1. The van der Waals surface area contributed by atoms with Crippen molar-refractivity contribution >= 4 is 27.5 Å². The second-order valence-electron chi connectivity index (χ2n) is 6.10. The summed E-state index contributed by atoms with van der Waals surface area (Å²) in [5.74, 6) is 0.560. The van der Waals surface area contributed by atoms with E-state index in [-0.39, 0.29) is 11.9 Å². The Morgan fingerprint density at radius 3 is 2.81 bits per heavy atom. The molecule has 1 unspecified atom stereocenters. The molecule has 1 amide bonds. The third-order valence-electron chi connectivity index (χ3n) is 4.16. The van der Waals surface area contributed by atoms with Crippen molar-refractivity contribution in [3.05, 3.63) is 70.9 Å². The first-order valence-corrected chi connectivity index (χ1v) is 9.13. The molecule has 1 N–H and O–H groups in total. The maximum Gasteiger partial charge on any atom is 0.280 e. The van der Waals surface area contributed by atoms with Gasteiger partial charge in [0.25, 0.3) is 5.91 Å². The van der Waals surface area contributed by atoms with E-state index in [9.17, 15) is 4.79 Å². The van der Waals surface area contributed by atoms with Crippen LogP contribution in [0.25, 0.3) is 10.2 Å². The number of aromatic nitrogens is 3. The fourth-order valence-corrected chi connectivity index (χ4v) is 3.87. The number of rotatable bonds is 5. The molecule has 0 fully saturated rings. The fourth-order valence-electron chi connectivity index (χ4n) is 2.98. The van der Waals surface area contributed by atoms with Gasteiger partial charge in [0.2, 0.25) is 0 Å². The van der Waals surface area contributed by atoms with Crippen LogP contribution in [0, 0.1) is 13.8 Å². The SMILES string of the molecule is Cc1cc(C)n(C(CNC(=O)c2nc3ccccc3s2)c2ccco2)n1. The van der Waals surface area contributed by atoms with Crippen LogP contribution in [0.1, 0.15) is 33.0 Å². The van der Waals surface area contributed by atoms with Crippen LogP contribution >= 0.6 is 11.3 Å². The van der Waals surface area contributed by atoms with E-state index in [1.54, 1.807) is 6.26 Å². The van der Waals surface area contributed by atoms with Gasteiger partial charge in [0.15, 0.2) is 5.01 Å². The third kappa shape index (κ3) is 3.13. The highest BCUT2D eigenvalue weighted by Gasteiger charge is 2.22. The Morgan fingerprint density at radius 1 is 1.27 bits per heavy atom. The number of furan rings is 1. The number of benzene rings is 1. The maximum atomic E-state index is 12.6. The topological polar surface area (TPSA) is 73.0 Å². The Bertz CT molecular complexity index is 1020. The van der Waals surface area contributed by atoms with E-state index in [0.717, 1.165) is 27.4 Å². The summed E-state index contributed by atoms with van der Waals surface area (Å²) in [6.07, 6.45) is 1.63. The number of nitrogens with zero attached hydrogens (tertiary/aromatic N) is 3. The minimum Gasteiger partial charge on any atom is -0.467 e. The summed E-state index contributed by atoms with van der Waals surface area (Å²) in [6, 6.07) is 13.3. The van der Waals surface area contributed by atoms with E-state index in [0.29, 0.717) is 11.6 Å². The van der Waals surface area contributed by atoms with E-state index in [4.69, 9.17) is 4.42 Å². The minimum absolute atomic E-state index is 0.190. The molecule has 4 aromatic rings. The number of thiazole rings is 1. The van der Waals surface area contributed by atoms with Crippen molar-refractivity contribution in [1.82, 2.24) is 20.1 Å². The molecular weight excluding hydrogens is 348 g/mol. The van der Waals surface area contributed by atoms with E-state index < -0.39 is 0 Å². The zero-order chi connectivity index (χ0) is 18.1. The molecule has 1 atom stereocenters. The van der Waals surface area contributed by atoms with Crippen molar-refractivity contribution in [2.24, 2.45) is 0 Å². The van der Waals surface area contributed by atoms with Crippen molar-refractivity contribution in [3.8, 4) is 0 Å².